The maximum absolute atomic E-state index is 14.0. The highest BCUT2D eigenvalue weighted by atomic mass is 19.3. The van der Waals surface area contributed by atoms with Crippen LogP contribution >= 0.6 is 0 Å². The van der Waals surface area contributed by atoms with Crippen molar-refractivity contribution in [1.82, 2.24) is 19.8 Å². The Bertz CT molecular complexity index is 1680. The van der Waals surface area contributed by atoms with Crippen LogP contribution in [0.2, 0.25) is 0 Å². The largest absolute Gasteiger partial charge is 0.461 e. The summed E-state index contributed by atoms with van der Waals surface area (Å²) >= 11 is 0. The van der Waals surface area contributed by atoms with Crippen LogP contribution in [-0.4, -0.2) is 83.1 Å². The molecule has 240 valence electrons. The molecule has 1 aliphatic carbocycles. The lowest BCUT2D eigenvalue weighted by molar-refractivity contribution is -0.128. The van der Waals surface area contributed by atoms with Crippen LogP contribution in [0.25, 0.3) is 10.8 Å². The summed E-state index contributed by atoms with van der Waals surface area (Å²) in [5, 5.41) is 11.3. The molecule has 4 heterocycles. The van der Waals surface area contributed by atoms with Crippen molar-refractivity contribution in [3.05, 3.63) is 65.9 Å². The van der Waals surface area contributed by atoms with Crippen molar-refractivity contribution in [2.75, 3.05) is 55.7 Å². The minimum absolute atomic E-state index is 0.000910. The second-order valence-electron chi connectivity index (χ2n) is 12.9. The van der Waals surface area contributed by atoms with Crippen LogP contribution in [0.5, 0.6) is 6.01 Å². The number of aromatic nitrogens is 2. The average Bonchev–Trinajstić information content (AvgIpc) is 3.66. The molecule has 9 nitrogen and oxygen atoms in total. The molecule has 1 atom stereocenters. The summed E-state index contributed by atoms with van der Waals surface area (Å²) in [6, 6.07) is 13.1. The molecule has 0 radical (unpaired) electrons. The van der Waals surface area contributed by atoms with Crippen LogP contribution in [0, 0.1) is 11.3 Å². The molecule has 1 aromatic heterocycles. The fraction of sp³-hybridized carbons (Fsp3) is 0.486. The van der Waals surface area contributed by atoms with Crippen molar-refractivity contribution in [3.63, 3.8) is 0 Å². The fourth-order valence-electron chi connectivity index (χ4n) is 7.44. The zero-order chi connectivity index (χ0) is 31.8. The van der Waals surface area contributed by atoms with Crippen LogP contribution in [0.3, 0.4) is 0 Å². The minimum Gasteiger partial charge on any atom is -0.461 e. The Morgan fingerprint density at radius 1 is 1.11 bits per heavy atom. The van der Waals surface area contributed by atoms with E-state index < -0.39 is 6.43 Å². The van der Waals surface area contributed by atoms with Gasteiger partial charge in [0.25, 0.3) is 6.43 Å². The van der Waals surface area contributed by atoms with E-state index in [-0.39, 0.29) is 29.5 Å². The van der Waals surface area contributed by atoms with Gasteiger partial charge in [-0.25, -0.2) is 8.78 Å². The number of likely N-dealkylation sites (tertiary alicyclic amines) is 1. The third-order valence-electron chi connectivity index (χ3n) is 10.1. The molecule has 7 rings (SSSR count). The normalized spacial score (nSPS) is 20.9. The van der Waals surface area contributed by atoms with E-state index in [2.05, 4.69) is 27.3 Å². The van der Waals surface area contributed by atoms with E-state index in [4.69, 9.17) is 14.7 Å². The predicted molar refractivity (Wildman–Crippen MR) is 172 cm³/mol. The zero-order valence-corrected chi connectivity index (χ0v) is 26.0. The zero-order valence-electron chi connectivity index (χ0n) is 26.0. The number of anilines is 2. The lowest BCUT2D eigenvalue weighted by atomic mass is 9.99. The molecule has 11 heteroatoms. The molecule has 2 aromatic carbocycles. The van der Waals surface area contributed by atoms with Gasteiger partial charge in [0.1, 0.15) is 12.4 Å². The number of hydrogen-bond acceptors (Lipinski definition) is 8. The van der Waals surface area contributed by atoms with Gasteiger partial charge in [0.2, 0.25) is 5.91 Å². The Labute approximate surface area is 268 Å². The van der Waals surface area contributed by atoms with E-state index >= 15 is 0 Å². The Hall–Kier alpha value is -4.30. The number of carbonyl (C=O) groups excluding carboxylic acids is 1. The summed E-state index contributed by atoms with van der Waals surface area (Å²) in [6.07, 6.45) is 4.16. The van der Waals surface area contributed by atoms with E-state index in [9.17, 15) is 18.8 Å². The summed E-state index contributed by atoms with van der Waals surface area (Å²) in [5.41, 5.74) is 2.62. The number of amides is 1. The van der Waals surface area contributed by atoms with Gasteiger partial charge in [-0.05, 0) is 68.8 Å². The topological polar surface area (TPSA) is 88.8 Å². The van der Waals surface area contributed by atoms with Crippen molar-refractivity contribution < 1.29 is 18.3 Å². The number of nitriles is 1. The first-order valence-corrected chi connectivity index (χ1v) is 16.3. The molecule has 4 aliphatic rings. The molecule has 0 N–H and O–H groups in total. The van der Waals surface area contributed by atoms with E-state index in [1.54, 1.807) is 17.0 Å². The average molecular weight is 628 g/mol. The van der Waals surface area contributed by atoms with Gasteiger partial charge in [0.05, 0.1) is 36.3 Å². The second-order valence-corrected chi connectivity index (χ2v) is 12.9. The number of carbonyl (C=O) groups is 1. The van der Waals surface area contributed by atoms with E-state index in [1.165, 1.54) is 18.9 Å². The van der Waals surface area contributed by atoms with Gasteiger partial charge < -0.3 is 19.4 Å². The van der Waals surface area contributed by atoms with Crippen LogP contribution in [0.1, 0.15) is 55.4 Å². The maximum atomic E-state index is 14.0. The molecule has 1 saturated carbocycles. The van der Waals surface area contributed by atoms with Crippen molar-refractivity contribution in [1.29, 1.82) is 5.26 Å². The lowest BCUT2D eigenvalue weighted by Crippen LogP contribution is -2.55. The van der Waals surface area contributed by atoms with E-state index in [0.717, 1.165) is 59.5 Å². The molecule has 1 amide bonds. The number of fused-ring (bicyclic) bond motifs is 2. The first-order chi connectivity index (χ1) is 22.4. The standard InChI is InChI=1S/C35H39F2N7O2/c1-2-31(45)44-18-17-42(21-26(44)9-13-38)33-28-10-16-41(30-20-25(32(36)37)19-24-7-3-4-8-27(24)30)22-29(28)39-34(40-33)46-23-35(11-12-35)43-14-5-6-15-43/h2-4,7-8,19-20,26,32H,1,5-6,9-12,14-18,21-23H2/t26-/m0/s1. The maximum Gasteiger partial charge on any atom is 0.318 e. The highest BCUT2D eigenvalue weighted by molar-refractivity contribution is 5.95. The van der Waals surface area contributed by atoms with Gasteiger partial charge in [-0.2, -0.15) is 15.2 Å². The van der Waals surface area contributed by atoms with E-state index in [1.807, 2.05) is 24.3 Å². The molecule has 3 aromatic rings. The summed E-state index contributed by atoms with van der Waals surface area (Å²) in [7, 11) is 0. The lowest BCUT2D eigenvalue weighted by Gasteiger charge is -2.42. The smallest absolute Gasteiger partial charge is 0.318 e. The summed E-state index contributed by atoms with van der Waals surface area (Å²) < 4.78 is 34.3. The number of hydrogen-bond donors (Lipinski definition) is 0. The molecular weight excluding hydrogens is 588 g/mol. The quantitative estimate of drug-likeness (QED) is 0.297. The number of halogens is 2. The van der Waals surface area contributed by atoms with Crippen LogP contribution in [0.4, 0.5) is 20.3 Å². The number of nitrogens with zero attached hydrogens (tertiary/aromatic N) is 7. The minimum atomic E-state index is -2.58. The van der Waals surface area contributed by atoms with Crippen LogP contribution < -0.4 is 14.5 Å². The van der Waals surface area contributed by atoms with Crippen molar-refractivity contribution >= 4 is 28.2 Å². The summed E-state index contributed by atoms with van der Waals surface area (Å²) in [6.45, 7) is 8.83. The Kier molecular flexibility index (Phi) is 8.24. The molecule has 0 bridgehead atoms. The highest BCUT2D eigenvalue weighted by Crippen LogP contribution is 2.44. The SMILES string of the molecule is C=CC(=O)N1CCN(c2nc(OCC3(N4CCCC4)CC3)nc3c2CCN(c2cc(C(F)F)cc4ccccc24)C3)C[C@@H]1CC#N. The molecular formula is C35H39F2N7O2. The van der Waals surface area contributed by atoms with Crippen molar-refractivity contribution in [2.24, 2.45) is 0 Å². The summed E-state index contributed by atoms with van der Waals surface area (Å²) in [5.74, 6) is 0.588. The van der Waals surface area contributed by atoms with Crippen molar-refractivity contribution in [3.8, 4) is 12.1 Å². The molecule has 46 heavy (non-hydrogen) atoms. The van der Waals surface area contributed by atoms with Crippen molar-refractivity contribution in [2.45, 2.75) is 63.1 Å². The first kappa shape index (κ1) is 30.4. The van der Waals surface area contributed by atoms with Gasteiger partial charge in [-0.15, -0.1) is 0 Å². The molecule has 0 unspecified atom stereocenters. The van der Waals surface area contributed by atoms with Gasteiger partial charge in [-0.3, -0.25) is 9.69 Å². The number of ether oxygens (including phenoxy) is 1. The molecule has 3 aliphatic heterocycles. The van der Waals surface area contributed by atoms with E-state index in [0.29, 0.717) is 51.8 Å². The van der Waals surface area contributed by atoms with Gasteiger partial charge in [0.15, 0.2) is 0 Å². The van der Waals surface area contributed by atoms with Crippen LogP contribution in [-0.2, 0) is 17.8 Å². The molecule has 2 saturated heterocycles. The highest BCUT2D eigenvalue weighted by Gasteiger charge is 2.49. The Morgan fingerprint density at radius 2 is 1.91 bits per heavy atom. The molecule has 0 spiro atoms. The number of benzene rings is 2. The van der Waals surface area contributed by atoms with Gasteiger partial charge >= 0.3 is 6.01 Å². The Morgan fingerprint density at radius 3 is 2.65 bits per heavy atom. The number of alkyl halides is 2. The fourth-order valence-corrected chi connectivity index (χ4v) is 7.44. The van der Waals surface area contributed by atoms with Crippen LogP contribution in [0.15, 0.2) is 49.1 Å². The number of piperazine rings is 1. The Balaban J connectivity index is 1.23. The monoisotopic (exact) mass is 627 g/mol. The van der Waals surface area contributed by atoms with Gasteiger partial charge in [0, 0.05) is 48.4 Å². The first-order valence-electron chi connectivity index (χ1n) is 16.3. The third kappa shape index (κ3) is 5.75. The molecule has 3 fully saturated rings. The second kappa shape index (κ2) is 12.5. The summed E-state index contributed by atoms with van der Waals surface area (Å²) in [4.78, 5) is 31.1. The predicted octanol–water partition coefficient (Wildman–Crippen LogP) is 5.25. The van der Waals surface area contributed by atoms with Gasteiger partial charge in [-0.1, -0.05) is 30.8 Å². The number of rotatable bonds is 9. The third-order valence-corrected chi connectivity index (χ3v) is 10.1.